The average molecular weight is 153 g/mol. The number of nitrogens with two attached hydrogens (primary N) is 1. The average Bonchev–Trinajstić information content (AvgIpc) is 2.41. The summed E-state index contributed by atoms with van der Waals surface area (Å²) in [4.78, 5) is 10.9. The molecule has 1 saturated heterocycles. The van der Waals surface area contributed by atoms with Gasteiger partial charge in [0.15, 0.2) is 0 Å². The van der Waals surface area contributed by atoms with E-state index >= 15 is 0 Å². The number of hydrogen-bond acceptors (Lipinski definition) is 1. The molecule has 61 valence electrons. The van der Waals surface area contributed by atoms with Gasteiger partial charge < -0.3 is 5.73 Å². The van der Waals surface area contributed by atoms with Crippen molar-refractivity contribution in [1.82, 2.24) is 5.32 Å². The Morgan fingerprint density at radius 1 is 1.45 bits per heavy atom. The fourth-order valence-corrected chi connectivity index (χ4v) is 2.39. The lowest BCUT2D eigenvalue weighted by molar-refractivity contribution is -0.120. The van der Waals surface area contributed by atoms with Crippen LogP contribution in [0.25, 0.3) is 0 Å². The molecule has 1 radical (unpaired) electrons. The number of carbonyl (C=O) groups excluding carboxylic acids is 1. The Hall–Kier alpha value is -0.570. The molecule has 1 heterocycles. The highest BCUT2D eigenvalue weighted by Gasteiger charge is 2.42. The standard InChI is InChI=1S/C8H13N2O/c9-8(11)7-6-3-1-2-5(6)4-10-7/h5-7H,1-4H2,(H2,9,11). The molecule has 2 N–H and O–H groups in total. The molecule has 0 aromatic rings. The second-order valence-electron chi connectivity index (χ2n) is 3.57. The van der Waals surface area contributed by atoms with Gasteiger partial charge >= 0.3 is 0 Å². The molecule has 0 spiro atoms. The van der Waals surface area contributed by atoms with Crippen molar-refractivity contribution in [2.24, 2.45) is 17.6 Å². The monoisotopic (exact) mass is 153 g/mol. The predicted octanol–water partition coefficient (Wildman–Crippen LogP) is -0.125. The molecule has 3 atom stereocenters. The minimum absolute atomic E-state index is 0.150. The summed E-state index contributed by atoms with van der Waals surface area (Å²) in [5, 5.41) is 4.25. The van der Waals surface area contributed by atoms with Crippen molar-refractivity contribution in [3.8, 4) is 0 Å². The zero-order valence-corrected chi connectivity index (χ0v) is 6.49. The van der Waals surface area contributed by atoms with Gasteiger partial charge in [-0.25, -0.2) is 5.32 Å². The third kappa shape index (κ3) is 1.03. The second-order valence-corrected chi connectivity index (χ2v) is 3.57. The van der Waals surface area contributed by atoms with Crippen molar-refractivity contribution >= 4 is 5.91 Å². The van der Waals surface area contributed by atoms with Crippen molar-refractivity contribution in [3.05, 3.63) is 0 Å². The summed E-state index contributed by atoms with van der Waals surface area (Å²) in [5.41, 5.74) is 5.22. The fourth-order valence-electron chi connectivity index (χ4n) is 2.39. The summed E-state index contributed by atoms with van der Waals surface area (Å²) >= 11 is 0. The van der Waals surface area contributed by atoms with Crippen LogP contribution < -0.4 is 11.1 Å². The maximum Gasteiger partial charge on any atom is 0.236 e. The molecule has 11 heavy (non-hydrogen) atoms. The molecule has 1 aliphatic heterocycles. The quantitative estimate of drug-likeness (QED) is 0.560. The van der Waals surface area contributed by atoms with Gasteiger partial charge in [0.1, 0.15) is 6.04 Å². The van der Waals surface area contributed by atoms with Crippen LogP contribution in [0.2, 0.25) is 0 Å². The lowest BCUT2D eigenvalue weighted by atomic mass is 9.94. The molecule has 2 fully saturated rings. The van der Waals surface area contributed by atoms with Crippen molar-refractivity contribution in [2.75, 3.05) is 6.54 Å². The van der Waals surface area contributed by atoms with E-state index in [0.29, 0.717) is 11.8 Å². The van der Waals surface area contributed by atoms with E-state index in [-0.39, 0.29) is 11.9 Å². The van der Waals surface area contributed by atoms with Crippen LogP contribution in [-0.2, 0) is 4.79 Å². The summed E-state index contributed by atoms with van der Waals surface area (Å²) in [5.74, 6) is 0.944. The first-order valence-electron chi connectivity index (χ1n) is 4.25. The second kappa shape index (κ2) is 2.48. The van der Waals surface area contributed by atoms with E-state index in [1.807, 2.05) is 0 Å². The third-order valence-corrected chi connectivity index (χ3v) is 2.95. The Morgan fingerprint density at radius 2 is 2.27 bits per heavy atom. The fraction of sp³-hybridized carbons (Fsp3) is 0.875. The Bertz CT molecular complexity index is 181. The first-order valence-corrected chi connectivity index (χ1v) is 4.25. The normalized spacial score (nSPS) is 42.4. The minimum atomic E-state index is -0.223. The van der Waals surface area contributed by atoms with E-state index in [0.717, 1.165) is 13.0 Å². The molecule has 3 unspecified atom stereocenters. The number of primary amides is 1. The molecule has 1 saturated carbocycles. The molecule has 1 amide bonds. The predicted molar refractivity (Wildman–Crippen MR) is 40.8 cm³/mol. The molecular weight excluding hydrogens is 140 g/mol. The highest BCUT2D eigenvalue weighted by Crippen LogP contribution is 2.38. The summed E-state index contributed by atoms with van der Waals surface area (Å²) in [6.07, 6.45) is 3.66. The smallest absolute Gasteiger partial charge is 0.236 e. The summed E-state index contributed by atoms with van der Waals surface area (Å²) in [6, 6.07) is -0.150. The van der Waals surface area contributed by atoms with Gasteiger partial charge in [0.25, 0.3) is 0 Å². The molecule has 0 bridgehead atoms. The van der Waals surface area contributed by atoms with E-state index in [4.69, 9.17) is 5.73 Å². The molecule has 2 rings (SSSR count). The molecule has 2 aliphatic rings. The Kier molecular flexibility index (Phi) is 1.60. The SMILES string of the molecule is NC(=O)C1[N]CC2CCCC21. The van der Waals surface area contributed by atoms with Crippen LogP contribution in [0, 0.1) is 11.8 Å². The zero-order chi connectivity index (χ0) is 7.84. The minimum Gasteiger partial charge on any atom is -0.368 e. The van der Waals surface area contributed by atoms with Crippen molar-refractivity contribution in [3.63, 3.8) is 0 Å². The number of nitrogens with zero attached hydrogens (tertiary/aromatic N) is 1. The number of amides is 1. The molecule has 3 heteroatoms. The van der Waals surface area contributed by atoms with Crippen LogP contribution in [-0.4, -0.2) is 18.5 Å². The van der Waals surface area contributed by atoms with Crippen LogP contribution >= 0.6 is 0 Å². The van der Waals surface area contributed by atoms with Gasteiger partial charge in [-0.05, 0) is 24.7 Å². The van der Waals surface area contributed by atoms with E-state index in [2.05, 4.69) is 5.32 Å². The van der Waals surface area contributed by atoms with Crippen LogP contribution in [0.5, 0.6) is 0 Å². The maximum atomic E-state index is 10.9. The maximum absolute atomic E-state index is 10.9. The van der Waals surface area contributed by atoms with E-state index in [9.17, 15) is 4.79 Å². The van der Waals surface area contributed by atoms with Crippen molar-refractivity contribution in [1.29, 1.82) is 0 Å². The van der Waals surface area contributed by atoms with Gasteiger partial charge in [0.2, 0.25) is 5.91 Å². The van der Waals surface area contributed by atoms with E-state index in [1.54, 1.807) is 0 Å². The van der Waals surface area contributed by atoms with E-state index in [1.165, 1.54) is 12.8 Å². The van der Waals surface area contributed by atoms with Gasteiger partial charge in [-0.1, -0.05) is 6.42 Å². The molecular formula is C8H13N2O. The van der Waals surface area contributed by atoms with Crippen LogP contribution in [0.3, 0.4) is 0 Å². The number of rotatable bonds is 1. The van der Waals surface area contributed by atoms with Crippen LogP contribution in [0.4, 0.5) is 0 Å². The van der Waals surface area contributed by atoms with Crippen molar-refractivity contribution < 1.29 is 4.79 Å². The summed E-state index contributed by atoms with van der Waals surface area (Å²) < 4.78 is 0. The van der Waals surface area contributed by atoms with Gasteiger partial charge in [-0.15, -0.1) is 0 Å². The third-order valence-electron chi connectivity index (χ3n) is 2.95. The molecule has 3 nitrogen and oxygen atoms in total. The Labute approximate surface area is 66.3 Å². The number of carbonyl (C=O) groups is 1. The Morgan fingerprint density at radius 3 is 3.00 bits per heavy atom. The topological polar surface area (TPSA) is 57.2 Å². The molecule has 1 aliphatic carbocycles. The van der Waals surface area contributed by atoms with Gasteiger partial charge in [0, 0.05) is 6.54 Å². The number of fused-ring (bicyclic) bond motifs is 1. The van der Waals surface area contributed by atoms with Gasteiger partial charge in [0.05, 0.1) is 0 Å². The van der Waals surface area contributed by atoms with Crippen LogP contribution in [0.1, 0.15) is 19.3 Å². The molecule has 0 aromatic carbocycles. The number of hydrogen-bond donors (Lipinski definition) is 1. The first kappa shape index (κ1) is 7.10. The lowest BCUT2D eigenvalue weighted by Crippen LogP contribution is -2.36. The molecule has 0 aromatic heterocycles. The Balaban J connectivity index is 2.08. The largest absolute Gasteiger partial charge is 0.368 e. The lowest BCUT2D eigenvalue weighted by Gasteiger charge is -2.12. The van der Waals surface area contributed by atoms with Gasteiger partial charge in [-0.3, -0.25) is 4.79 Å². The van der Waals surface area contributed by atoms with Crippen molar-refractivity contribution in [2.45, 2.75) is 25.3 Å². The first-order chi connectivity index (χ1) is 5.29. The van der Waals surface area contributed by atoms with Gasteiger partial charge in [-0.2, -0.15) is 0 Å². The van der Waals surface area contributed by atoms with E-state index < -0.39 is 0 Å². The van der Waals surface area contributed by atoms with Crippen LogP contribution in [0.15, 0.2) is 0 Å². The zero-order valence-electron chi connectivity index (χ0n) is 6.49. The summed E-state index contributed by atoms with van der Waals surface area (Å²) in [7, 11) is 0. The highest BCUT2D eigenvalue weighted by atomic mass is 16.1. The highest BCUT2D eigenvalue weighted by molar-refractivity contribution is 5.80. The summed E-state index contributed by atoms with van der Waals surface area (Å²) in [6.45, 7) is 0.873.